The van der Waals surface area contributed by atoms with Crippen LogP contribution in [0.4, 0.5) is 4.79 Å². The van der Waals surface area contributed by atoms with Gasteiger partial charge >= 0.3 is 6.09 Å². The van der Waals surface area contributed by atoms with Crippen LogP contribution in [-0.2, 0) is 18.2 Å². The molecule has 4 aliphatic rings. The fourth-order valence-electron chi connectivity index (χ4n) is 9.86. The van der Waals surface area contributed by atoms with Crippen molar-refractivity contribution in [2.24, 2.45) is 53.4 Å². The van der Waals surface area contributed by atoms with Crippen molar-refractivity contribution >= 4 is 6.09 Å². The van der Waals surface area contributed by atoms with Gasteiger partial charge in [0.25, 0.3) is 0 Å². The average molecular weight is 538 g/mol. The van der Waals surface area contributed by atoms with Crippen LogP contribution in [-0.4, -0.2) is 28.3 Å². The van der Waals surface area contributed by atoms with Crippen LogP contribution in [0.5, 0.6) is 0 Å². The molecule has 5 heteroatoms. The zero-order valence-corrected chi connectivity index (χ0v) is 25.7. The van der Waals surface area contributed by atoms with E-state index in [2.05, 4.69) is 51.0 Å². The molecule has 0 radical (unpaired) electrons. The molecular formula is C34H55N3O2. The lowest BCUT2D eigenvalue weighted by Gasteiger charge is -2.58. The number of aromatic nitrogens is 2. The van der Waals surface area contributed by atoms with Crippen LogP contribution < -0.4 is 5.32 Å². The minimum atomic E-state index is -0.270. The van der Waals surface area contributed by atoms with Crippen molar-refractivity contribution in [3.05, 3.63) is 29.9 Å². The van der Waals surface area contributed by atoms with E-state index in [9.17, 15) is 4.79 Å². The third-order valence-electron chi connectivity index (χ3n) is 12.1. The number of amides is 1. The molecule has 0 aromatic carbocycles. The number of carbonyl (C=O) groups excluding carboxylic acids is 1. The Kier molecular flexibility index (Phi) is 8.55. The first-order valence-corrected chi connectivity index (χ1v) is 16.2. The van der Waals surface area contributed by atoms with Gasteiger partial charge in [-0.05, 0) is 91.3 Å². The minimum Gasteiger partial charge on any atom is -0.446 e. The SMILES string of the molecule is CC(C)CCC[C@@H](C)[C@H]1CC[C@H]2[C@@H]3CC=C4C[C@@H](OC(=O)NCCc5cncn5C)CC[C@]4(C)C3CC[C@]12C. The van der Waals surface area contributed by atoms with Gasteiger partial charge in [0.05, 0.1) is 6.33 Å². The van der Waals surface area contributed by atoms with Crippen LogP contribution in [0.15, 0.2) is 24.2 Å². The molecule has 3 saturated carbocycles. The van der Waals surface area contributed by atoms with E-state index in [1.165, 1.54) is 51.4 Å². The van der Waals surface area contributed by atoms with Gasteiger partial charge in [-0.15, -0.1) is 0 Å². The number of aryl methyl sites for hydroxylation is 1. The first-order valence-electron chi connectivity index (χ1n) is 16.2. The number of nitrogens with one attached hydrogen (secondary N) is 1. The van der Waals surface area contributed by atoms with E-state index >= 15 is 0 Å². The number of alkyl carbamates (subject to hydrolysis) is 1. The molecule has 1 heterocycles. The van der Waals surface area contributed by atoms with Crippen LogP contribution >= 0.6 is 0 Å². The molecule has 0 spiro atoms. The summed E-state index contributed by atoms with van der Waals surface area (Å²) in [6, 6.07) is 0. The summed E-state index contributed by atoms with van der Waals surface area (Å²) in [5.41, 5.74) is 3.53. The summed E-state index contributed by atoms with van der Waals surface area (Å²) in [7, 11) is 1.98. The van der Waals surface area contributed by atoms with Gasteiger partial charge in [0.15, 0.2) is 0 Å². The van der Waals surface area contributed by atoms with Gasteiger partial charge in [-0.25, -0.2) is 9.78 Å². The molecule has 5 nitrogen and oxygen atoms in total. The summed E-state index contributed by atoms with van der Waals surface area (Å²) < 4.78 is 7.92. The lowest BCUT2D eigenvalue weighted by molar-refractivity contribution is -0.0581. The summed E-state index contributed by atoms with van der Waals surface area (Å²) >= 11 is 0. The summed E-state index contributed by atoms with van der Waals surface area (Å²) in [6.07, 6.45) is 21.0. The summed E-state index contributed by atoms with van der Waals surface area (Å²) in [5.74, 6) is 5.15. The van der Waals surface area contributed by atoms with Gasteiger partial charge in [-0.1, -0.05) is 65.5 Å². The average Bonchev–Trinajstić information content (AvgIpc) is 3.46. The van der Waals surface area contributed by atoms with E-state index < -0.39 is 0 Å². The van der Waals surface area contributed by atoms with Crippen molar-refractivity contribution < 1.29 is 9.53 Å². The highest BCUT2D eigenvalue weighted by Gasteiger charge is 2.59. The standard InChI is InChI=1S/C34H55N3O2/c1-23(2)8-7-9-24(3)29-12-13-30-28-11-10-25-20-27(14-17-33(25,4)31(28)15-18-34(29,30)5)39-32(38)36-19-16-26-21-35-22-37(26)6/h10,21-24,27-31H,7-9,11-20H2,1-6H3,(H,36,38)/t24-,27+,28+,29-,30+,31?,33+,34-/m1/s1. The molecule has 8 atom stereocenters. The zero-order chi connectivity index (χ0) is 27.8. The fraction of sp³-hybridized carbons (Fsp3) is 0.824. The highest BCUT2D eigenvalue weighted by molar-refractivity contribution is 5.67. The van der Waals surface area contributed by atoms with E-state index in [1.54, 1.807) is 11.9 Å². The lowest BCUT2D eigenvalue weighted by Crippen LogP contribution is -2.51. The Morgan fingerprint density at radius 1 is 1.13 bits per heavy atom. The maximum absolute atomic E-state index is 12.6. The van der Waals surface area contributed by atoms with E-state index in [0.717, 1.165) is 66.9 Å². The Bertz CT molecular complexity index is 1030. The van der Waals surface area contributed by atoms with E-state index in [-0.39, 0.29) is 12.2 Å². The fourth-order valence-corrected chi connectivity index (χ4v) is 9.86. The maximum Gasteiger partial charge on any atom is 0.407 e. The van der Waals surface area contributed by atoms with E-state index in [1.807, 2.05) is 17.8 Å². The summed E-state index contributed by atoms with van der Waals surface area (Å²) in [6.45, 7) is 13.1. The largest absolute Gasteiger partial charge is 0.446 e. The van der Waals surface area contributed by atoms with Crippen LogP contribution in [0.25, 0.3) is 0 Å². The Labute approximate surface area is 237 Å². The minimum absolute atomic E-state index is 0.00832. The monoisotopic (exact) mass is 537 g/mol. The number of carbonyl (C=O) groups is 1. The Morgan fingerprint density at radius 2 is 1.95 bits per heavy atom. The molecule has 1 unspecified atom stereocenters. The van der Waals surface area contributed by atoms with E-state index in [0.29, 0.717) is 17.4 Å². The number of nitrogens with zero attached hydrogens (tertiary/aromatic N) is 2. The van der Waals surface area contributed by atoms with Gasteiger partial charge in [-0.3, -0.25) is 0 Å². The van der Waals surface area contributed by atoms with Gasteiger partial charge < -0.3 is 14.6 Å². The Hall–Kier alpha value is -1.78. The number of imidazole rings is 1. The van der Waals surface area contributed by atoms with Crippen LogP contribution in [0.3, 0.4) is 0 Å². The highest BCUT2D eigenvalue weighted by Crippen LogP contribution is 2.67. The predicted octanol–water partition coefficient (Wildman–Crippen LogP) is 8.10. The molecule has 1 aromatic rings. The first-order chi connectivity index (χ1) is 18.6. The molecule has 0 bridgehead atoms. The lowest BCUT2D eigenvalue weighted by atomic mass is 9.47. The van der Waals surface area contributed by atoms with Gasteiger partial charge in [0.1, 0.15) is 6.10 Å². The molecule has 4 aliphatic carbocycles. The molecule has 5 rings (SSSR count). The van der Waals surface area contributed by atoms with Crippen LogP contribution in [0.2, 0.25) is 0 Å². The third-order valence-corrected chi connectivity index (χ3v) is 12.1. The zero-order valence-electron chi connectivity index (χ0n) is 25.7. The molecule has 1 N–H and O–H groups in total. The van der Waals surface area contributed by atoms with Crippen molar-refractivity contribution in [1.82, 2.24) is 14.9 Å². The van der Waals surface area contributed by atoms with Crippen molar-refractivity contribution in [1.29, 1.82) is 0 Å². The van der Waals surface area contributed by atoms with Crippen molar-refractivity contribution in [2.75, 3.05) is 6.54 Å². The maximum atomic E-state index is 12.6. The number of allylic oxidation sites excluding steroid dienone is 1. The van der Waals surface area contributed by atoms with E-state index in [4.69, 9.17) is 4.74 Å². The quantitative estimate of drug-likeness (QED) is 0.324. The van der Waals surface area contributed by atoms with Crippen LogP contribution in [0, 0.1) is 46.3 Å². The normalized spacial score (nSPS) is 36.5. The van der Waals surface area contributed by atoms with Crippen LogP contribution in [0.1, 0.15) is 111 Å². The highest BCUT2D eigenvalue weighted by atomic mass is 16.6. The predicted molar refractivity (Wildman–Crippen MR) is 158 cm³/mol. The van der Waals surface area contributed by atoms with Gasteiger partial charge in [0.2, 0.25) is 0 Å². The molecular weight excluding hydrogens is 482 g/mol. The number of fused-ring (bicyclic) bond motifs is 5. The van der Waals surface area contributed by atoms with Crippen molar-refractivity contribution in [3.63, 3.8) is 0 Å². The number of rotatable bonds is 9. The van der Waals surface area contributed by atoms with Crippen molar-refractivity contribution in [2.45, 2.75) is 118 Å². The first kappa shape index (κ1) is 28.7. The molecule has 218 valence electrons. The second kappa shape index (κ2) is 11.6. The topological polar surface area (TPSA) is 56.1 Å². The molecule has 0 aliphatic heterocycles. The number of hydrogen-bond acceptors (Lipinski definition) is 3. The molecule has 0 saturated heterocycles. The second-order valence-electron chi connectivity index (χ2n) is 14.7. The smallest absolute Gasteiger partial charge is 0.407 e. The Balaban J connectivity index is 1.17. The number of hydrogen-bond donors (Lipinski definition) is 1. The summed E-state index contributed by atoms with van der Waals surface area (Å²) in [4.78, 5) is 16.7. The molecule has 39 heavy (non-hydrogen) atoms. The third kappa shape index (κ3) is 5.71. The molecule has 3 fully saturated rings. The molecule has 1 aromatic heterocycles. The molecule has 1 amide bonds. The Morgan fingerprint density at radius 3 is 2.69 bits per heavy atom. The van der Waals surface area contributed by atoms with Gasteiger partial charge in [0, 0.05) is 38.3 Å². The number of ether oxygens (including phenoxy) is 1. The van der Waals surface area contributed by atoms with Gasteiger partial charge in [-0.2, -0.15) is 0 Å². The second-order valence-corrected chi connectivity index (χ2v) is 14.7. The van der Waals surface area contributed by atoms with Crippen molar-refractivity contribution in [3.8, 4) is 0 Å². The summed E-state index contributed by atoms with van der Waals surface area (Å²) in [5, 5.41) is 2.96.